The third-order valence-corrected chi connectivity index (χ3v) is 4.50. The average molecular weight is 357 g/mol. The number of nitrogens with one attached hydrogen (secondary N) is 2. The van der Waals surface area contributed by atoms with E-state index < -0.39 is 0 Å². The molecule has 0 aliphatic heterocycles. The van der Waals surface area contributed by atoms with Gasteiger partial charge in [0.1, 0.15) is 5.82 Å². The van der Waals surface area contributed by atoms with E-state index >= 15 is 0 Å². The Morgan fingerprint density at radius 3 is 2.35 bits per heavy atom. The molecule has 4 nitrogen and oxygen atoms in total. The fraction of sp³-hybridized carbons (Fsp3) is 0.381. The predicted octanol–water partition coefficient (Wildman–Crippen LogP) is 4.68. The van der Waals surface area contributed by atoms with Crippen LogP contribution in [0.3, 0.4) is 0 Å². The molecular formula is C21H28FN3O. The molecule has 26 heavy (non-hydrogen) atoms. The molecule has 0 bridgehead atoms. The molecule has 0 saturated heterocycles. The van der Waals surface area contributed by atoms with Crippen LogP contribution in [-0.2, 0) is 0 Å². The molecule has 0 saturated carbocycles. The second-order valence-corrected chi connectivity index (χ2v) is 7.06. The molecule has 1 unspecified atom stereocenters. The number of carbonyl (C=O) groups excluding carboxylic acids is 1. The van der Waals surface area contributed by atoms with Gasteiger partial charge in [0.05, 0.1) is 6.04 Å². The normalized spacial score (nSPS) is 12.3. The zero-order chi connectivity index (χ0) is 19.3. The Balaban J connectivity index is 2.07. The fourth-order valence-corrected chi connectivity index (χ4v) is 2.97. The Morgan fingerprint density at radius 1 is 1.12 bits per heavy atom. The summed E-state index contributed by atoms with van der Waals surface area (Å²) in [5.41, 5.74) is 3.97. The molecule has 0 fully saturated rings. The van der Waals surface area contributed by atoms with Gasteiger partial charge in [-0.15, -0.1) is 0 Å². The van der Waals surface area contributed by atoms with Gasteiger partial charge in [-0.2, -0.15) is 0 Å². The highest BCUT2D eigenvalue weighted by molar-refractivity contribution is 5.91. The molecule has 140 valence electrons. The zero-order valence-corrected chi connectivity index (χ0v) is 16.1. The molecule has 2 aromatic rings. The van der Waals surface area contributed by atoms with E-state index in [-0.39, 0.29) is 17.9 Å². The van der Waals surface area contributed by atoms with Crippen molar-refractivity contribution in [1.29, 1.82) is 0 Å². The number of likely N-dealkylation sites (N-methyl/N-ethyl adjacent to an activating group) is 1. The highest BCUT2D eigenvalue weighted by Gasteiger charge is 2.17. The summed E-state index contributed by atoms with van der Waals surface area (Å²) < 4.78 is 13.2. The highest BCUT2D eigenvalue weighted by atomic mass is 19.1. The van der Waals surface area contributed by atoms with Crippen molar-refractivity contribution in [2.45, 2.75) is 32.7 Å². The minimum atomic E-state index is -0.266. The summed E-state index contributed by atoms with van der Waals surface area (Å²) in [6.07, 6.45) is 0. The first-order valence-electron chi connectivity index (χ1n) is 8.85. The molecule has 0 spiro atoms. The first-order valence-corrected chi connectivity index (χ1v) is 8.85. The summed E-state index contributed by atoms with van der Waals surface area (Å²) in [4.78, 5) is 14.5. The summed E-state index contributed by atoms with van der Waals surface area (Å²) in [6.45, 7) is 6.62. The molecular weight excluding hydrogens is 329 g/mol. The van der Waals surface area contributed by atoms with Crippen molar-refractivity contribution in [3.05, 3.63) is 65.0 Å². The average Bonchev–Trinajstić information content (AvgIpc) is 2.58. The number of anilines is 1. The van der Waals surface area contributed by atoms with Gasteiger partial charge >= 0.3 is 6.03 Å². The number of rotatable bonds is 6. The summed E-state index contributed by atoms with van der Waals surface area (Å²) in [6, 6.07) is 12.1. The number of amides is 2. The largest absolute Gasteiger partial charge is 0.336 e. The van der Waals surface area contributed by atoms with Crippen LogP contribution in [0.15, 0.2) is 42.5 Å². The van der Waals surface area contributed by atoms with Gasteiger partial charge in [0.2, 0.25) is 0 Å². The van der Waals surface area contributed by atoms with Crippen molar-refractivity contribution in [3.8, 4) is 0 Å². The van der Waals surface area contributed by atoms with Crippen LogP contribution in [0.25, 0.3) is 0 Å². The van der Waals surface area contributed by atoms with Gasteiger partial charge in [-0.05, 0) is 55.8 Å². The van der Waals surface area contributed by atoms with Gasteiger partial charge < -0.3 is 15.5 Å². The lowest BCUT2D eigenvalue weighted by Crippen LogP contribution is -2.37. The van der Waals surface area contributed by atoms with E-state index in [1.807, 2.05) is 44.1 Å². The summed E-state index contributed by atoms with van der Waals surface area (Å²) in [5, 5.41) is 5.92. The maximum absolute atomic E-state index is 13.2. The van der Waals surface area contributed by atoms with Crippen LogP contribution in [0.2, 0.25) is 0 Å². The van der Waals surface area contributed by atoms with E-state index in [9.17, 15) is 9.18 Å². The maximum atomic E-state index is 13.2. The smallest absolute Gasteiger partial charge is 0.319 e. The fourth-order valence-electron chi connectivity index (χ4n) is 2.97. The molecule has 2 N–H and O–H groups in total. The zero-order valence-electron chi connectivity index (χ0n) is 16.1. The number of hydrogen-bond donors (Lipinski definition) is 2. The summed E-state index contributed by atoms with van der Waals surface area (Å²) in [5.74, 6) is 0.0525. The lowest BCUT2D eigenvalue weighted by molar-refractivity contribution is 0.243. The van der Waals surface area contributed by atoms with Crippen molar-refractivity contribution < 1.29 is 9.18 Å². The Morgan fingerprint density at radius 2 is 1.77 bits per heavy atom. The van der Waals surface area contributed by atoms with E-state index in [1.54, 1.807) is 12.1 Å². The molecule has 0 radical (unpaired) electrons. The first kappa shape index (κ1) is 19.9. The first-order chi connectivity index (χ1) is 12.3. The molecule has 0 aliphatic rings. The van der Waals surface area contributed by atoms with Crippen LogP contribution < -0.4 is 10.6 Å². The van der Waals surface area contributed by atoms with Crippen LogP contribution >= 0.6 is 0 Å². The van der Waals surface area contributed by atoms with Crippen molar-refractivity contribution in [2.75, 3.05) is 26.0 Å². The van der Waals surface area contributed by atoms with Crippen molar-refractivity contribution in [2.24, 2.45) is 0 Å². The Labute approximate surface area is 155 Å². The van der Waals surface area contributed by atoms with Crippen molar-refractivity contribution in [1.82, 2.24) is 10.2 Å². The predicted molar refractivity (Wildman–Crippen MR) is 105 cm³/mol. The SMILES string of the molecule is Cc1cccc(C(C)C)c1NC(=O)NCC(c1ccc(F)cc1)N(C)C. The molecule has 0 heterocycles. The van der Waals surface area contributed by atoms with Crippen LogP contribution in [-0.4, -0.2) is 31.6 Å². The van der Waals surface area contributed by atoms with E-state index in [1.165, 1.54) is 12.1 Å². The van der Waals surface area contributed by atoms with E-state index in [4.69, 9.17) is 0 Å². The van der Waals surface area contributed by atoms with Gasteiger partial charge in [-0.1, -0.05) is 44.2 Å². The number of para-hydroxylation sites is 1. The van der Waals surface area contributed by atoms with Crippen molar-refractivity contribution in [3.63, 3.8) is 0 Å². The third-order valence-electron chi connectivity index (χ3n) is 4.50. The van der Waals surface area contributed by atoms with Gasteiger partial charge in [-0.25, -0.2) is 9.18 Å². The van der Waals surface area contributed by atoms with Gasteiger partial charge in [-0.3, -0.25) is 0 Å². The number of aryl methyl sites for hydroxylation is 1. The van der Waals surface area contributed by atoms with E-state index in [0.29, 0.717) is 12.5 Å². The Kier molecular flexibility index (Phi) is 6.75. The molecule has 5 heteroatoms. The Hall–Kier alpha value is -2.40. The maximum Gasteiger partial charge on any atom is 0.319 e. The quantitative estimate of drug-likeness (QED) is 0.788. The van der Waals surface area contributed by atoms with Crippen LogP contribution in [0.1, 0.15) is 42.5 Å². The third kappa shape index (κ3) is 5.05. The summed E-state index contributed by atoms with van der Waals surface area (Å²) >= 11 is 0. The highest BCUT2D eigenvalue weighted by Crippen LogP contribution is 2.27. The van der Waals surface area contributed by atoms with Gasteiger partial charge in [0, 0.05) is 12.2 Å². The molecule has 1 atom stereocenters. The lowest BCUT2D eigenvalue weighted by Gasteiger charge is -2.25. The molecule has 2 rings (SSSR count). The van der Waals surface area contributed by atoms with Gasteiger partial charge in [0.25, 0.3) is 0 Å². The van der Waals surface area contributed by atoms with Crippen LogP contribution in [0.5, 0.6) is 0 Å². The number of halogens is 1. The number of urea groups is 1. The van der Waals surface area contributed by atoms with Crippen LogP contribution in [0.4, 0.5) is 14.9 Å². The minimum absolute atomic E-state index is 0.0391. The van der Waals surface area contributed by atoms with E-state index in [2.05, 4.69) is 24.5 Å². The molecule has 0 aliphatic carbocycles. The standard InChI is InChI=1S/C21H28FN3O/c1-14(2)18-8-6-7-15(3)20(18)24-21(26)23-13-19(25(4)5)16-9-11-17(22)12-10-16/h6-12,14,19H,13H2,1-5H3,(H2,23,24,26). The molecule has 2 amide bonds. The van der Waals surface area contributed by atoms with E-state index in [0.717, 1.165) is 22.4 Å². The topological polar surface area (TPSA) is 44.4 Å². The number of carbonyl (C=O) groups is 1. The van der Waals surface area contributed by atoms with Crippen molar-refractivity contribution >= 4 is 11.7 Å². The lowest BCUT2D eigenvalue weighted by atomic mass is 9.98. The second kappa shape index (κ2) is 8.81. The van der Waals surface area contributed by atoms with Gasteiger partial charge in [0.15, 0.2) is 0 Å². The number of nitrogens with zero attached hydrogens (tertiary/aromatic N) is 1. The Bertz CT molecular complexity index is 741. The monoisotopic (exact) mass is 357 g/mol. The summed E-state index contributed by atoms with van der Waals surface area (Å²) in [7, 11) is 3.87. The molecule has 2 aromatic carbocycles. The molecule has 0 aromatic heterocycles. The second-order valence-electron chi connectivity index (χ2n) is 7.06. The minimum Gasteiger partial charge on any atom is -0.336 e. The number of benzene rings is 2. The van der Waals surface area contributed by atoms with Crippen LogP contribution in [0, 0.1) is 12.7 Å². The number of hydrogen-bond acceptors (Lipinski definition) is 2.